The molecule has 0 aliphatic heterocycles. The summed E-state index contributed by atoms with van der Waals surface area (Å²) in [5.74, 6) is -2.68. The Kier molecular flexibility index (Phi) is 3.31. The molecule has 0 radical (unpaired) electrons. The lowest BCUT2D eigenvalue weighted by Crippen LogP contribution is -2.23. The second-order valence-corrected chi connectivity index (χ2v) is 2.82. The van der Waals surface area contributed by atoms with Crippen molar-refractivity contribution in [2.45, 2.75) is 6.18 Å². The van der Waals surface area contributed by atoms with Crippen molar-refractivity contribution >= 4 is 5.97 Å². The fourth-order valence-electron chi connectivity index (χ4n) is 0.815. The van der Waals surface area contributed by atoms with Gasteiger partial charge in [0.1, 0.15) is 17.1 Å². The summed E-state index contributed by atoms with van der Waals surface area (Å²) >= 11 is 0. The third-order valence-corrected chi connectivity index (χ3v) is 1.60. The zero-order chi connectivity index (χ0) is 12.3. The number of rotatable bonds is 2. The van der Waals surface area contributed by atoms with Crippen LogP contribution >= 0.6 is 0 Å². The molecule has 0 unspecified atom stereocenters. The number of carbonyl (C=O) groups excluding carboxylic acids is 1. The molecule has 0 amide bonds. The van der Waals surface area contributed by atoms with E-state index in [1.165, 1.54) is 6.07 Å². The summed E-state index contributed by atoms with van der Waals surface area (Å²) in [5, 5.41) is 0. The van der Waals surface area contributed by atoms with Crippen LogP contribution in [-0.4, -0.2) is 12.1 Å². The van der Waals surface area contributed by atoms with E-state index in [1.807, 2.05) is 0 Å². The van der Waals surface area contributed by atoms with Gasteiger partial charge in [0.05, 0.1) is 0 Å². The lowest BCUT2D eigenvalue weighted by atomic mass is 10.3. The minimum absolute atomic E-state index is 0.310. The fourth-order valence-corrected chi connectivity index (χ4v) is 0.815. The number of halogens is 4. The molecule has 6 heteroatoms. The summed E-state index contributed by atoms with van der Waals surface area (Å²) in [6, 6.07) is 4.22. The summed E-state index contributed by atoms with van der Waals surface area (Å²) in [4.78, 5) is 10.9. The molecule has 0 atom stereocenters. The summed E-state index contributed by atoms with van der Waals surface area (Å²) in [5.41, 5.74) is -1.64. The van der Waals surface area contributed by atoms with Gasteiger partial charge in [-0.1, -0.05) is 12.6 Å². The molecule has 0 aliphatic rings. The van der Waals surface area contributed by atoms with E-state index >= 15 is 0 Å². The average molecular weight is 234 g/mol. The van der Waals surface area contributed by atoms with Gasteiger partial charge in [-0.3, -0.25) is 0 Å². The first-order valence-electron chi connectivity index (χ1n) is 4.04. The Labute approximate surface area is 88.1 Å². The Morgan fingerprint density at radius 3 is 2.44 bits per heavy atom. The maximum absolute atomic E-state index is 12.6. The maximum Gasteiger partial charge on any atom is 0.422 e. The highest BCUT2D eigenvalue weighted by Gasteiger charge is 2.38. The van der Waals surface area contributed by atoms with E-state index in [2.05, 4.69) is 11.3 Å². The standard InChI is InChI=1S/C10H6F4O2/c1-6(10(12,13)14)9(15)16-8-4-2-3-7(11)5-8/h2-5H,1H2. The first-order valence-corrected chi connectivity index (χ1v) is 4.04. The van der Waals surface area contributed by atoms with Gasteiger partial charge in [-0.05, 0) is 12.1 Å². The Hall–Kier alpha value is -1.85. The van der Waals surface area contributed by atoms with Gasteiger partial charge < -0.3 is 4.74 Å². The minimum atomic E-state index is -4.86. The van der Waals surface area contributed by atoms with Crippen LogP contribution in [0.1, 0.15) is 0 Å². The molecule has 0 saturated heterocycles. The predicted molar refractivity (Wildman–Crippen MR) is 47.2 cm³/mol. The summed E-state index contributed by atoms with van der Waals surface area (Å²) in [6.07, 6.45) is -4.86. The highest BCUT2D eigenvalue weighted by atomic mass is 19.4. The van der Waals surface area contributed by atoms with E-state index in [4.69, 9.17) is 0 Å². The second-order valence-electron chi connectivity index (χ2n) is 2.82. The molecule has 0 spiro atoms. The molecule has 0 aromatic heterocycles. The van der Waals surface area contributed by atoms with E-state index in [0.717, 1.165) is 18.2 Å². The highest BCUT2D eigenvalue weighted by Crippen LogP contribution is 2.25. The van der Waals surface area contributed by atoms with Crippen LogP contribution in [0.25, 0.3) is 0 Å². The Morgan fingerprint density at radius 1 is 1.31 bits per heavy atom. The molecule has 2 nitrogen and oxygen atoms in total. The van der Waals surface area contributed by atoms with Crippen LogP contribution in [0.4, 0.5) is 17.6 Å². The molecule has 0 bridgehead atoms. The zero-order valence-corrected chi connectivity index (χ0v) is 7.84. The molecular formula is C10H6F4O2. The third-order valence-electron chi connectivity index (χ3n) is 1.60. The number of hydrogen-bond donors (Lipinski definition) is 0. The molecule has 0 heterocycles. The van der Waals surface area contributed by atoms with E-state index in [9.17, 15) is 22.4 Å². The molecule has 86 valence electrons. The Bertz CT molecular complexity index is 423. The normalized spacial score (nSPS) is 11.0. The number of ether oxygens (including phenoxy) is 1. The van der Waals surface area contributed by atoms with Crippen LogP contribution in [0.5, 0.6) is 5.75 Å². The predicted octanol–water partition coefficient (Wildman–Crippen LogP) is 2.85. The van der Waals surface area contributed by atoms with Gasteiger partial charge in [0.15, 0.2) is 0 Å². The first kappa shape index (κ1) is 12.2. The van der Waals surface area contributed by atoms with Gasteiger partial charge in [-0.25, -0.2) is 9.18 Å². The zero-order valence-electron chi connectivity index (χ0n) is 7.84. The molecule has 1 aromatic carbocycles. The van der Waals surface area contributed by atoms with E-state index in [0.29, 0.717) is 0 Å². The van der Waals surface area contributed by atoms with Crippen LogP contribution < -0.4 is 4.74 Å². The van der Waals surface area contributed by atoms with Crippen molar-refractivity contribution in [3.05, 3.63) is 42.2 Å². The van der Waals surface area contributed by atoms with Crippen molar-refractivity contribution in [2.75, 3.05) is 0 Å². The molecule has 0 aliphatic carbocycles. The van der Waals surface area contributed by atoms with Gasteiger partial charge in [0, 0.05) is 6.07 Å². The first-order chi connectivity index (χ1) is 7.30. The summed E-state index contributed by atoms with van der Waals surface area (Å²) in [6.45, 7) is 2.55. The van der Waals surface area contributed by atoms with Gasteiger partial charge in [0.2, 0.25) is 0 Å². The smallest absolute Gasteiger partial charge is 0.422 e. The van der Waals surface area contributed by atoms with Gasteiger partial charge in [-0.2, -0.15) is 13.2 Å². The number of hydrogen-bond acceptors (Lipinski definition) is 2. The van der Waals surface area contributed by atoms with E-state index < -0.39 is 23.5 Å². The Morgan fingerprint density at radius 2 is 1.94 bits per heavy atom. The lowest BCUT2D eigenvalue weighted by Gasteiger charge is -2.09. The molecule has 0 saturated carbocycles. The third kappa shape index (κ3) is 3.08. The topological polar surface area (TPSA) is 26.3 Å². The van der Waals surface area contributed by atoms with Gasteiger partial charge in [-0.15, -0.1) is 0 Å². The van der Waals surface area contributed by atoms with Crippen molar-refractivity contribution in [2.24, 2.45) is 0 Å². The maximum atomic E-state index is 12.6. The van der Waals surface area contributed by atoms with Gasteiger partial charge in [0.25, 0.3) is 0 Å². The van der Waals surface area contributed by atoms with Crippen LogP contribution in [-0.2, 0) is 4.79 Å². The minimum Gasteiger partial charge on any atom is -0.423 e. The number of carbonyl (C=O) groups is 1. The van der Waals surface area contributed by atoms with Crippen LogP contribution in [0.3, 0.4) is 0 Å². The van der Waals surface area contributed by atoms with Crippen LogP contribution in [0.15, 0.2) is 36.4 Å². The van der Waals surface area contributed by atoms with E-state index in [-0.39, 0.29) is 5.75 Å². The number of alkyl halides is 3. The largest absolute Gasteiger partial charge is 0.423 e. The average Bonchev–Trinajstić information content (AvgIpc) is 2.15. The van der Waals surface area contributed by atoms with Crippen molar-refractivity contribution in [1.82, 2.24) is 0 Å². The number of benzene rings is 1. The van der Waals surface area contributed by atoms with Gasteiger partial charge >= 0.3 is 12.1 Å². The molecule has 1 rings (SSSR count). The summed E-state index contributed by atoms with van der Waals surface area (Å²) < 4.78 is 52.9. The van der Waals surface area contributed by atoms with Crippen LogP contribution in [0.2, 0.25) is 0 Å². The highest BCUT2D eigenvalue weighted by molar-refractivity contribution is 5.90. The van der Waals surface area contributed by atoms with E-state index in [1.54, 1.807) is 0 Å². The molecule has 0 N–H and O–H groups in total. The quantitative estimate of drug-likeness (QED) is 0.340. The molecule has 16 heavy (non-hydrogen) atoms. The lowest BCUT2D eigenvalue weighted by molar-refractivity contribution is -0.142. The van der Waals surface area contributed by atoms with Crippen molar-refractivity contribution in [3.8, 4) is 5.75 Å². The molecule has 1 aromatic rings. The van der Waals surface area contributed by atoms with Crippen molar-refractivity contribution in [3.63, 3.8) is 0 Å². The molecule has 0 fully saturated rings. The van der Waals surface area contributed by atoms with Crippen molar-refractivity contribution < 1.29 is 27.1 Å². The monoisotopic (exact) mass is 234 g/mol. The SMILES string of the molecule is C=C(C(=O)Oc1cccc(F)c1)C(F)(F)F. The molecular weight excluding hydrogens is 228 g/mol. The van der Waals surface area contributed by atoms with Crippen LogP contribution in [0, 0.1) is 5.82 Å². The van der Waals surface area contributed by atoms with Crippen molar-refractivity contribution in [1.29, 1.82) is 0 Å². The summed E-state index contributed by atoms with van der Waals surface area (Å²) in [7, 11) is 0. The Balaban J connectivity index is 2.76. The fraction of sp³-hybridized carbons (Fsp3) is 0.100. The number of esters is 1. The second kappa shape index (κ2) is 4.34.